The van der Waals surface area contributed by atoms with Crippen LogP contribution < -0.4 is 10.2 Å². The minimum atomic E-state index is -1.33. The Balaban J connectivity index is -0.0000000457. The van der Waals surface area contributed by atoms with Crippen LogP contribution in [0.25, 0.3) is 11.5 Å². The van der Waals surface area contributed by atoms with Gasteiger partial charge in [0.05, 0.1) is 0 Å². The van der Waals surface area contributed by atoms with E-state index in [4.69, 9.17) is 31.3 Å². The summed E-state index contributed by atoms with van der Waals surface area (Å²) >= 11 is 0. The van der Waals surface area contributed by atoms with Crippen LogP contribution >= 0.6 is 0 Å². The minimum absolute atomic E-state index is 0. The number of hydrogen-bond acceptors (Lipinski definition) is 4. The van der Waals surface area contributed by atoms with E-state index in [-0.39, 0.29) is 22.5 Å². The van der Waals surface area contributed by atoms with Gasteiger partial charge in [-0.3, -0.25) is 0 Å². The Kier molecular flexibility index (Phi) is 31.4. The molecule has 0 aliphatic rings. The maximum Gasteiger partial charge on any atom is 2.00 e. The van der Waals surface area contributed by atoms with Crippen molar-refractivity contribution >= 4 is 11.9 Å². The quantitative estimate of drug-likeness (QED) is 0.453. The molecule has 0 fully saturated rings. The number of carbonyl (C=O) groups is 2. The molecule has 0 saturated heterocycles. The molecule has 0 aliphatic heterocycles. The van der Waals surface area contributed by atoms with Gasteiger partial charge >= 0.3 is 17.1 Å². The summed E-state index contributed by atoms with van der Waals surface area (Å²) in [6.07, 6.45) is 0. The van der Waals surface area contributed by atoms with Gasteiger partial charge in [-0.15, -0.1) is 13.1 Å². The molecule has 1 radical (unpaired) electrons. The Hall–Kier alpha value is -0.661. The number of carboxylic acid groups (broad SMARTS) is 2. The standard InChI is InChI=1S/2C2H4NO2.Cu.H2O/c2*3-1-2(4)5;;/h2*3H,1H2,(H,4,5);;1H2/q2*-1;+2;/p-2. The first-order valence-electron chi connectivity index (χ1n) is 2.23. The molecule has 8 heteroatoms. The Morgan fingerprint density at radius 1 is 1.00 bits per heavy atom. The Labute approximate surface area is 79.5 Å². The molecule has 7 nitrogen and oxygen atoms in total. The summed E-state index contributed by atoms with van der Waals surface area (Å²) in [5.41, 5.74) is 12.0. The van der Waals surface area contributed by atoms with Gasteiger partial charge in [0, 0.05) is 11.9 Å². The fourth-order valence-corrected chi connectivity index (χ4v) is 0. The first-order chi connectivity index (χ1) is 4.54. The number of carboxylic acids is 2. The molecular formula is C4H8CuN2O5-2. The molecule has 0 heterocycles. The van der Waals surface area contributed by atoms with E-state index < -0.39 is 25.0 Å². The molecule has 0 aliphatic carbocycles. The number of carbonyl (C=O) groups excluding carboxylic acids is 2. The average molecular weight is 228 g/mol. The van der Waals surface area contributed by atoms with Crippen molar-refractivity contribution < 1.29 is 42.3 Å². The largest absolute Gasteiger partial charge is 2.00 e. The van der Waals surface area contributed by atoms with Crippen LogP contribution in [-0.4, -0.2) is 30.5 Å². The summed E-state index contributed by atoms with van der Waals surface area (Å²) in [6.45, 7) is -1.28. The van der Waals surface area contributed by atoms with E-state index in [2.05, 4.69) is 0 Å². The molecule has 0 rings (SSSR count). The molecule has 0 bridgehead atoms. The Morgan fingerprint density at radius 3 is 1.08 bits per heavy atom. The first kappa shape index (κ1) is 22.5. The van der Waals surface area contributed by atoms with E-state index in [1.54, 1.807) is 0 Å². The van der Waals surface area contributed by atoms with Gasteiger partial charge in [0.25, 0.3) is 0 Å². The minimum Gasteiger partial charge on any atom is -0.673 e. The SMILES string of the molecule is O.[Cu+2].[NH-]CC(=O)[O-].[NH-]CC(=O)[O-]. The van der Waals surface area contributed by atoms with E-state index >= 15 is 0 Å². The third-order valence-electron chi connectivity index (χ3n) is 0.289. The van der Waals surface area contributed by atoms with Crippen LogP contribution in [0.3, 0.4) is 0 Å². The number of hydrogen-bond donors (Lipinski definition) is 0. The topological polar surface area (TPSA) is 159 Å². The van der Waals surface area contributed by atoms with Gasteiger partial charge in [-0.25, -0.2) is 0 Å². The van der Waals surface area contributed by atoms with Crippen LogP contribution in [0.5, 0.6) is 0 Å². The molecule has 12 heavy (non-hydrogen) atoms. The third kappa shape index (κ3) is 58.2. The molecule has 0 saturated carbocycles. The van der Waals surface area contributed by atoms with Crippen LogP contribution in [0, 0.1) is 0 Å². The van der Waals surface area contributed by atoms with Crippen LogP contribution in [0.1, 0.15) is 0 Å². The fraction of sp³-hybridized carbons (Fsp3) is 0.500. The van der Waals surface area contributed by atoms with Crippen molar-refractivity contribution in [1.29, 1.82) is 0 Å². The summed E-state index contributed by atoms with van der Waals surface area (Å²) in [5, 5.41) is 18.1. The van der Waals surface area contributed by atoms with Crippen molar-refractivity contribution in [3.8, 4) is 0 Å². The van der Waals surface area contributed by atoms with E-state index in [9.17, 15) is 0 Å². The smallest absolute Gasteiger partial charge is 0.673 e. The first-order valence-corrected chi connectivity index (χ1v) is 2.23. The van der Waals surface area contributed by atoms with Gasteiger partial charge in [0.1, 0.15) is 0 Å². The van der Waals surface area contributed by atoms with Crippen molar-refractivity contribution in [2.75, 3.05) is 13.1 Å². The molecule has 0 aromatic carbocycles. The zero-order chi connectivity index (χ0) is 8.57. The predicted molar refractivity (Wildman–Crippen MR) is 32.0 cm³/mol. The summed E-state index contributed by atoms with van der Waals surface area (Å²) in [7, 11) is 0. The molecule has 0 spiro atoms. The van der Waals surface area contributed by atoms with Crippen molar-refractivity contribution in [1.82, 2.24) is 0 Å². The maximum atomic E-state index is 9.07. The maximum absolute atomic E-state index is 9.07. The average Bonchev–Trinajstić information content (AvgIpc) is 1.89. The molecule has 0 amide bonds. The van der Waals surface area contributed by atoms with Gasteiger partial charge in [0.2, 0.25) is 0 Å². The van der Waals surface area contributed by atoms with Crippen molar-refractivity contribution in [2.45, 2.75) is 0 Å². The second-order valence-electron chi connectivity index (χ2n) is 1.10. The predicted octanol–water partition coefficient (Wildman–Crippen LogP) is -3.25. The van der Waals surface area contributed by atoms with Gasteiger partial charge < -0.3 is 36.7 Å². The normalized spacial score (nSPS) is 6.17. The molecular weight excluding hydrogens is 220 g/mol. The van der Waals surface area contributed by atoms with Crippen molar-refractivity contribution in [3.05, 3.63) is 11.5 Å². The zero-order valence-electron chi connectivity index (χ0n) is 5.85. The van der Waals surface area contributed by atoms with E-state index in [1.165, 1.54) is 0 Å². The van der Waals surface area contributed by atoms with Crippen LogP contribution in [-0.2, 0) is 26.7 Å². The summed E-state index contributed by atoms with van der Waals surface area (Å²) in [4.78, 5) is 18.1. The van der Waals surface area contributed by atoms with Gasteiger partial charge in [-0.05, 0) is 0 Å². The van der Waals surface area contributed by atoms with Gasteiger partial charge in [0.15, 0.2) is 0 Å². The van der Waals surface area contributed by atoms with Crippen molar-refractivity contribution in [3.63, 3.8) is 0 Å². The summed E-state index contributed by atoms with van der Waals surface area (Å²) in [6, 6.07) is 0. The Morgan fingerprint density at radius 2 is 1.08 bits per heavy atom. The molecule has 0 atom stereocenters. The molecule has 0 unspecified atom stereocenters. The molecule has 4 N–H and O–H groups in total. The monoisotopic (exact) mass is 227 g/mol. The van der Waals surface area contributed by atoms with Crippen molar-refractivity contribution in [2.24, 2.45) is 0 Å². The third-order valence-corrected chi connectivity index (χ3v) is 0.289. The van der Waals surface area contributed by atoms with E-state index in [0.29, 0.717) is 0 Å². The number of aliphatic carboxylic acids is 2. The van der Waals surface area contributed by atoms with Gasteiger partial charge in [-0.1, -0.05) is 0 Å². The molecule has 77 valence electrons. The number of rotatable bonds is 2. The van der Waals surface area contributed by atoms with Gasteiger partial charge in [-0.2, -0.15) is 0 Å². The molecule has 0 aromatic heterocycles. The van der Waals surface area contributed by atoms with Crippen LogP contribution in [0.4, 0.5) is 0 Å². The second-order valence-corrected chi connectivity index (χ2v) is 1.10. The van der Waals surface area contributed by atoms with E-state index in [0.717, 1.165) is 0 Å². The fourth-order valence-electron chi connectivity index (χ4n) is 0. The van der Waals surface area contributed by atoms with Crippen LogP contribution in [0.2, 0.25) is 0 Å². The number of nitrogens with one attached hydrogen (secondary N) is 2. The second kappa shape index (κ2) is 16.7. The Bertz CT molecular complexity index is 106. The van der Waals surface area contributed by atoms with Crippen LogP contribution in [0.15, 0.2) is 0 Å². The summed E-state index contributed by atoms with van der Waals surface area (Å²) in [5.74, 6) is -2.66. The van der Waals surface area contributed by atoms with E-state index in [1.807, 2.05) is 0 Å². The molecule has 0 aromatic rings. The summed E-state index contributed by atoms with van der Waals surface area (Å²) < 4.78 is 0. The zero-order valence-corrected chi connectivity index (χ0v) is 6.79.